The molecule has 4 heteroatoms. The van der Waals surface area contributed by atoms with Crippen molar-refractivity contribution in [1.82, 2.24) is 0 Å². The van der Waals surface area contributed by atoms with Crippen LogP contribution >= 0.6 is 0 Å². The quantitative estimate of drug-likeness (QED) is 0.558. The highest BCUT2D eigenvalue weighted by molar-refractivity contribution is 6.12. The van der Waals surface area contributed by atoms with Crippen LogP contribution in [0, 0.1) is 0 Å². The smallest absolute Gasteiger partial charge is 0.305 e. The summed E-state index contributed by atoms with van der Waals surface area (Å²) in [5.41, 5.74) is -0.472. The second-order valence-corrected chi connectivity index (χ2v) is 4.85. The zero-order chi connectivity index (χ0) is 12.1. The predicted molar refractivity (Wildman–Crippen MR) is 60.9 cm³/mol. The second-order valence-electron chi connectivity index (χ2n) is 4.85. The van der Waals surface area contributed by atoms with Gasteiger partial charge in [0.25, 0.3) is 0 Å². The first-order valence-corrected chi connectivity index (χ1v) is 5.40. The van der Waals surface area contributed by atoms with Crippen LogP contribution in [0.2, 0.25) is 5.82 Å². The van der Waals surface area contributed by atoms with Gasteiger partial charge in [-0.3, -0.25) is 4.79 Å². The Kier molecular flexibility index (Phi) is 5.95. The van der Waals surface area contributed by atoms with E-state index in [2.05, 4.69) is 0 Å². The minimum absolute atomic E-state index is 0.161. The van der Waals surface area contributed by atoms with E-state index in [1.165, 1.54) is 0 Å². The average molecular weight is 212 g/mol. The first-order chi connectivity index (χ1) is 6.74. The molecule has 0 aliphatic carbocycles. The van der Waals surface area contributed by atoms with E-state index in [9.17, 15) is 9.90 Å². The standard InChI is InChI=1S/C11H21BO3/c1-5-9(13)6-8(12)7-10(14)15-11(2,3)4/h8-9,13H,5-7H2,1-4H3. The van der Waals surface area contributed by atoms with Crippen molar-refractivity contribution >= 4 is 13.8 Å². The molecule has 0 heterocycles. The van der Waals surface area contributed by atoms with Crippen molar-refractivity contribution in [3.05, 3.63) is 0 Å². The van der Waals surface area contributed by atoms with Gasteiger partial charge in [0.05, 0.1) is 14.0 Å². The van der Waals surface area contributed by atoms with Crippen molar-refractivity contribution in [3.63, 3.8) is 0 Å². The van der Waals surface area contributed by atoms with Crippen molar-refractivity contribution in [2.75, 3.05) is 0 Å². The molecular weight excluding hydrogens is 191 g/mol. The third-order valence-corrected chi connectivity index (χ3v) is 1.89. The van der Waals surface area contributed by atoms with Crippen molar-refractivity contribution in [2.45, 2.75) is 64.5 Å². The van der Waals surface area contributed by atoms with E-state index >= 15 is 0 Å². The summed E-state index contributed by atoms with van der Waals surface area (Å²) in [6.45, 7) is 7.33. The van der Waals surface area contributed by atoms with E-state index in [1.807, 2.05) is 27.7 Å². The summed E-state index contributed by atoms with van der Waals surface area (Å²) in [6, 6.07) is 0. The summed E-state index contributed by atoms with van der Waals surface area (Å²) >= 11 is 0. The van der Waals surface area contributed by atoms with Crippen LogP contribution in [0.5, 0.6) is 0 Å². The summed E-state index contributed by atoms with van der Waals surface area (Å²) in [5.74, 6) is -0.631. The van der Waals surface area contributed by atoms with E-state index in [0.717, 1.165) is 0 Å². The van der Waals surface area contributed by atoms with Crippen molar-refractivity contribution in [3.8, 4) is 0 Å². The maximum Gasteiger partial charge on any atom is 0.305 e. The lowest BCUT2D eigenvalue weighted by molar-refractivity contribution is -0.154. The minimum Gasteiger partial charge on any atom is -0.460 e. The largest absolute Gasteiger partial charge is 0.460 e. The normalized spacial score (nSPS) is 15.8. The molecule has 0 bridgehead atoms. The van der Waals surface area contributed by atoms with Gasteiger partial charge in [-0.1, -0.05) is 12.7 Å². The number of aliphatic hydroxyl groups excluding tert-OH is 1. The molecule has 0 aromatic heterocycles. The average Bonchev–Trinajstić information content (AvgIpc) is 1.99. The second kappa shape index (κ2) is 6.16. The van der Waals surface area contributed by atoms with Crippen LogP contribution in [0.1, 0.15) is 47.0 Å². The van der Waals surface area contributed by atoms with E-state index < -0.39 is 11.7 Å². The van der Waals surface area contributed by atoms with Crippen LogP contribution < -0.4 is 0 Å². The topological polar surface area (TPSA) is 46.5 Å². The summed E-state index contributed by atoms with van der Waals surface area (Å²) < 4.78 is 5.12. The number of ether oxygens (including phenoxy) is 1. The molecule has 15 heavy (non-hydrogen) atoms. The molecule has 86 valence electrons. The number of rotatable bonds is 5. The van der Waals surface area contributed by atoms with E-state index in [0.29, 0.717) is 12.8 Å². The molecule has 2 unspecified atom stereocenters. The summed E-state index contributed by atoms with van der Waals surface area (Å²) in [6.07, 6.45) is 0.828. The molecule has 0 aliphatic heterocycles. The van der Waals surface area contributed by atoms with Gasteiger partial charge in [-0.2, -0.15) is 0 Å². The Morgan fingerprint density at radius 2 is 2.00 bits per heavy atom. The lowest BCUT2D eigenvalue weighted by Crippen LogP contribution is -2.25. The third kappa shape index (κ3) is 8.49. The molecule has 0 amide bonds. The van der Waals surface area contributed by atoms with E-state index in [4.69, 9.17) is 12.6 Å². The van der Waals surface area contributed by atoms with Gasteiger partial charge in [0.2, 0.25) is 0 Å². The molecule has 0 aromatic rings. The van der Waals surface area contributed by atoms with Crippen molar-refractivity contribution < 1.29 is 14.6 Å². The Hall–Kier alpha value is -0.505. The summed E-state index contributed by atoms with van der Waals surface area (Å²) in [5, 5.41) is 9.34. The lowest BCUT2D eigenvalue weighted by atomic mass is 9.80. The molecule has 2 atom stereocenters. The number of aliphatic hydroxyl groups is 1. The highest BCUT2D eigenvalue weighted by atomic mass is 16.6. The molecular formula is C11H21BO3. The monoisotopic (exact) mass is 212 g/mol. The molecule has 3 nitrogen and oxygen atoms in total. The molecule has 0 aromatic carbocycles. The van der Waals surface area contributed by atoms with Crippen molar-refractivity contribution in [2.24, 2.45) is 0 Å². The molecule has 2 radical (unpaired) electrons. The van der Waals surface area contributed by atoms with E-state index in [-0.39, 0.29) is 18.2 Å². The maximum atomic E-state index is 11.4. The van der Waals surface area contributed by atoms with Gasteiger partial charge in [0.1, 0.15) is 5.60 Å². The van der Waals surface area contributed by atoms with Gasteiger partial charge in [0, 0.05) is 6.42 Å². The Morgan fingerprint density at radius 1 is 1.47 bits per heavy atom. The fourth-order valence-corrected chi connectivity index (χ4v) is 1.20. The lowest BCUT2D eigenvalue weighted by Gasteiger charge is -2.21. The van der Waals surface area contributed by atoms with Crippen LogP contribution in [0.25, 0.3) is 0 Å². The van der Waals surface area contributed by atoms with Crippen LogP contribution in [-0.4, -0.2) is 30.6 Å². The van der Waals surface area contributed by atoms with Gasteiger partial charge in [-0.15, -0.1) is 0 Å². The fourth-order valence-electron chi connectivity index (χ4n) is 1.20. The first kappa shape index (κ1) is 14.5. The number of hydrogen-bond donors (Lipinski definition) is 1. The SMILES string of the molecule is [B]C(CC(=O)OC(C)(C)C)CC(O)CC. The highest BCUT2D eigenvalue weighted by Gasteiger charge is 2.19. The Labute approximate surface area is 93.6 Å². The third-order valence-electron chi connectivity index (χ3n) is 1.89. The van der Waals surface area contributed by atoms with Gasteiger partial charge in [0.15, 0.2) is 0 Å². The maximum absolute atomic E-state index is 11.4. The zero-order valence-corrected chi connectivity index (χ0v) is 10.1. The number of hydrogen-bond acceptors (Lipinski definition) is 3. The molecule has 1 N–H and O–H groups in total. The molecule has 0 spiro atoms. The summed E-state index contributed by atoms with van der Waals surface area (Å²) in [4.78, 5) is 11.4. The number of esters is 1. The van der Waals surface area contributed by atoms with Gasteiger partial charge in [-0.25, -0.2) is 0 Å². The Morgan fingerprint density at radius 3 is 2.40 bits per heavy atom. The van der Waals surface area contributed by atoms with Gasteiger partial charge >= 0.3 is 5.97 Å². The van der Waals surface area contributed by atoms with Crippen LogP contribution in [0.3, 0.4) is 0 Å². The fraction of sp³-hybridized carbons (Fsp3) is 0.909. The predicted octanol–water partition coefficient (Wildman–Crippen LogP) is 1.84. The Balaban J connectivity index is 3.87. The Bertz CT molecular complexity index is 198. The van der Waals surface area contributed by atoms with E-state index in [1.54, 1.807) is 0 Å². The number of carbonyl (C=O) groups excluding carboxylic acids is 1. The van der Waals surface area contributed by atoms with Crippen LogP contribution in [-0.2, 0) is 9.53 Å². The molecule has 0 saturated heterocycles. The molecule has 0 saturated carbocycles. The molecule has 0 rings (SSSR count). The van der Waals surface area contributed by atoms with Crippen LogP contribution in [0.4, 0.5) is 0 Å². The first-order valence-electron chi connectivity index (χ1n) is 5.40. The summed E-state index contributed by atoms with van der Waals surface area (Å²) in [7, 11) is 5.71. The van der Waals surface area contributed by atoms with Crippen LogP contribution in [0.15, 0.2) is 0 Å². The molecule has 0 fully saturated rings. The highest BCUT2D eigenvalue weighted by Crippen LogP contribution is 2.18. The molecule has 0 aliphatic rings. The minimum atomic E-state index is -0.472. The zero-order valence-electron chi connectivity index (χ0n) is 10.1. The van der Waals surface area contributed by atoms with Gasteiger partial charge in [-0.05, 0) is 33.6 Å². The van der Waals surface area contributed by atoms with Crippen molar-refractivity contribution in [1.29, 1.82) is 0 Å². The number of carbonyl (C=O) groups is 1. The van der Waals surface area contributed by atoms with Gasteiger partial charge < -0.3 is 9.84 Å².